The molecule has 2 heterocycles. The van der Waals surface area contributed by atoms with Gasteiger partial charge in [-0.05, 0) is 53.4 Å². The van der Waals surface area contributed by atoms with Gasteiger partial charge in [0.2, 0.25) is 15.9 Å². The standard InChI is InChI=1S/C17H21BrN4O3S/c1-12-8-16(20-13(2)23)15(18)9-17(12)26(24,25)22-6-3-4-14(22)10-21-7-5-19-11-21/h5,7-9,11,14H,3-4,6,10H2,1-2H3,(H,20,23)/t14-/m0/s1. The lowest BCUT2D eigenvalue weighted by Gasteiger charge is -2.25. The molecule has 9 heteroatoms. The van der Waals surface area contributed by atoms with Crippen LogP contribution < -0.4 is 5.32 Å². The second-order valence-corrected chi connectivity index (χ2v) is 9.16. The number of imidazole rings is 1. The van der Waals surface area contributed by atoms with Crippen molar-refractivity contribution in [1.82, 2.24) is 13.9 Å². The van der Waals surface area contributed by atoms with Crippen molar-refractivity contribution in [2.45, 2.75) is 44.2 Å². The van der Waals surface area contributed by atoms with Crippen LogP contribution in [0.5, 0.6) is 0 Å². The van der Waals surface area contributed by atoms with Gasteiger partial charge in [0, 0.05) is 42.9 Å². The Kier molecular flexibility index (Phi) is 5.50. The molecule has 2 aromatic rings. The number of anilines is 1. The number of halogens is 1. The predicted octanol–water partition coefficient (Wildman–Crippen LogP) is 2.77. The number of aromatic nitrogens is 2. The molecule has 0 unspecified atom stereocenters. The summed E-state index contributed by atoms with van der Waals surface area (Å²) in [6.07, 6.45) is 6.89. The second-order valence-electron chi connectivity index (χ2n) is 6.45. The first-order valence-corrected chi connectivity index (χ1v) is 10.6. The normalized spacial score (nSPS) is 18.2. The summed E-state index contributed by atoms with van der Waals surface area (Å²) in [6, 6.07) is 3.16. The van der Waals surface area contributed by atoms with Crippen molar-refractivity contribution in [3.63, 3.8) is 0 Å². The lowest BCUT2D eigenvalue weighted by molar-refractivity contribution is -0.114. The zero-order chi connectivity index (χ0) is 18.9. The van der Waals surface area contributed by atoms with Gasteiger partial charge in [0.1, 0.15) is 0 Å². The van der Waals surface area contributed by atoms with Crippen LogP contribution in [0.3, 0.4) is 0 Å². The average molecular weight is 441 g/mol. The van der Waals surface area contributed by atoms with Crippen LogP contribution in [-0.4, -0.2) is 40.8 Å². The molecule has 0 saturated carbocycles. The van der Waals surface area contributed by atoms with Crippen LogP contribution in [0.1, 0.15) is 25.3 Å². The number of aryl methyl sites for hydroxylation is 1. The van der Waals surface area contributed by atoms with Crippen molar-refractivity contribution in [2.75, 3.05) is 11.9 Å². The van der Waals surface area contributed by atoms with Crippen LogP contribution in [0.25, 0.3) is 0 Å². The van der Waals surface area contributed by atoms with Crippen molar-refractivity contribution in [3.8, 4) is 0 Å². The highest BCUT2D eigenvalue weighted by atomic mass is 79.9. The maximum atomic E-state index is 13.3. The number of sulfonamides is 1. The first-order chi connectivity index (χ1) is 12.3. The molecule has 1 saturated heterocycles. The van der Waals surface area contributed by atoms with Crippen molar-refractivity contribution in [1.29, 1.82) is 0 Å². The van der Waals surface area contributed by atoms with Gasteiger partial charge < -0.3 is 9.88 Å². The van der Waals surface area contributed by atoms with Gasteiger partial charge in [0.15, 0.2) is 0 Å². The fraction of sp³-hybridized carbons (Fsp3) is 0.412. The third-order valence-electron chi connectivity index (χ3n) is 4.47. The third-order valence-corrected chi connectivity index (χ3v) is 7.22. The molecule has 1 aliphatic rings. The van der Waals surface area contributed by atoms with E-state index < -0.39 is 10.0 Å². The van der Waals surface area contributed by atoms with Gasteiger partial charge in [-0.1, -0.05) is 0 Å². The van der Waals surface area contributed by atoms with Crippen LogP contribution in [0.2, 0.25) is 0 Å². The quantitative estimate of drug-likeness (QED) is 0.774. The van der Waals surface area contributed by atoms with E-state index in [1.807, 2.05) is 10.8 Å². The lowest BCUT2D eigenvalue weighted by atomic mass is 10.2. The van der Waals surface area contributed by atoms with E-state index in [1.54, 1.807) is 35.9 Å². The summed E-state index contributed by atoms with van der Waals surface area (Å²) < 4.78 is 30.6. The fourth-order valence-corrected chi connectivity index (χ4v) is 5.81. The average Bonchev–Trinajstić information content (AvgIpc) is 3.22. The molecule has 140 valence electrons. The highest BCUT2D eigenvalue weighted by molar-refractivity contribution is 9.10. The molecular formula is C17H21BrN4O3S. The molecule has 0 radical (unpaired) electrons. The van der Waals surface area contributed by atoms with Crippen LogP contribution in [0, 0.1) is 6.92 Å². The van der Waals surface area contributed by atoms with Gasteiger partial charge in [0.25, 0.3) is 0 Å². The summed E-state index contributed by atoms with van der Waals surface area (Å²) in [5, 5.41) is 2.70. The number of carbonyl (C=O) groups excluding carboxylic acids is 1. The van der Waals surface area contributed by atoms with E-state index in [-0.39, 0.29) is 16.8 Å². The third kappa shape index (κ3) is 3.84. The van der Waals surface area contributed by atoms with Gasteiger partial charge >= 0.3 is 0 Å². The van der Waals surface area contributed by atoms with Crippen LogP contribution >= 0.6 is 15.9 Å². The summed E-state index contributed by atoms with van der Waals surface area (Å²) in [6.45, 7) is 4.25. The molecule has 0 aliphatic carbocycles. The van der Waals surface area contributed by atoms with Crippen molar-refractivity contribution in [3.05, 3.63) is 40.9 Å². The molecule has 1 amide bonds. The molecule has 1 aliphatic heterocycles. The van der Waals surface area contributed by atoms with E-state index in [2.05, 4.69) is 26.2 Å². The minimum atomic E-state index is -3.63. The Balaban J connectivity index is 1.91. The topological polar surface area (TPSA) is 84.3 Å². The van der Waals surface area contributed by atoms with Gasteiger partial charge in [-0.3, -0.25) is 4.79 Å². The van der Waals surface area contributed by atoms with Crippen LogP contribution in [0.4, 0.5) is 5.69 Å². The Morgan fingerprint density at radius 3 is 2.85 bits per heavy atom. The van der Waals surface area contributed by atoms with Gasteiger partial charge in [0.05, 0.1) is 16.9 Å². The summed E-state index contributed by atoms with van der Waals surface area (Å²) >= 11 is 3.36. The first kappa shape index (κ1) is 19.1. The molecule has 1 atom stereocenters. The maximum Gasteiger partial charge on any atom is 0.243 e. The Hall–Kier alpha value is -1.71. The van der Waals surface area contributed by atoms with Crippen LogP contribution in [-0.2, 0) is 21.4 Å². The molecule has 7 nitrogen and oxygen atoms in total. The molecule has 1 fully saturated rings. The molecule has 1 N–H and O–H groups in total. The van der Waals surface area contributed by atoms with E-state index in [4.69, 9.17) is 0 Å². The largest absolute Gasteiger partial charge is 0.336 e. The SMILES string of the molecule is CC(=O)Nc1cc(C)c(S(=O)(=O)N2CCC[C@H]2Cn2ccnc2)cc1Br. The molecular weight excluding hydrogens is 420 g/mol. The second kappa shape index (κ2) is 7.50. The van der Waals surface area contributed by atoms with Crippen molar-refractivity contribution < 1.29 is 13.2 Å². The van der Waals surface area contributed by atoms with E-state index in [0.29, 0.717) is 28.8 Å². The Bertz CT molecular complexity index is 912. The molecule has 26 heavy (non-hydrogen) atoms. The van der Waals surface area contributed by atoms with E-state index in [9.17, 15) is 13.2 Å². The number of rotatable bonds is 5. The Labute approximate surface area is 161 Å². The van der Waals surface area contributed by atoms with Crippen molar-refractivity contribution in [2.24, 2.45) is 0 Å². The molecule has 3 rings (SSSR count). The van der Waals surface area contributed by atoms with Crippen molar-refractivity contribution >= 4 is 37.5 Å². The number of nitrogens with one attached hydrogen (secondary N) is 1. The highest BCUT2D eigenvalue weighted by Gasteiger charge is 2.36. The van der Waals surface area contributed by atoms with Gasteiger partial charge in [-0.2, -0.15) is 4.31 Å². The monoisotopic (exact) mass is 440 g/mol. The summed E-state index contributed by atoms with van der Waals surface area (Å²) in [5.74, 6) is -0.208. The maximum absolute atomic E-state index is 13.3. The van der Waals surface area contributed by atoms with E-state index in [0.717, 1.165) is 12.8 Å². The minimum Gasteiger partial charge on any atom is -0.336 e. The zero-order valence-corrected chi connectivity index (χ0v) is 17.0. The summed E-state index contributed by atoms with van der Waals surface area (Å²) in [5.41, 5.74) is 1.16. The number of carbonyl (C=O) groups is 1. The number of nitrogens with zero attached hydrogens (tertiary/aromatic N) is 3. The number of benzene rings is 1. The number of hydrogen-bond acceptors (Lipinski definition) is 4. The first-order valence-electron chi connectivity index (χ1n) is 8.34. The molecule has 1 aromatic heterocycles. The van der Waals surface area contributed by atoms with Gasteiger partial charge in [-0.15, -0.1) is 0 Å². The smallest absolute Gasteiger partial charge is 0.243 e. The molecule has 0 bridgehead atoms. The Morgan fingerprint density at radius 2 is 2.19 bits per heavy atom. The molecule has 1 aromatic carbocycles. The predicted molar refractivity (Wildman–Crippen MR) is 102 cm³/mol. The minimum absolute atomic E-state index is 0.0950. The number of amides is 1. The fourth-order valence-electron chi connectivity index (χ4n) is 3.30. The van der Waals surface area contributed by atoms with Gasteiger partial charge in [-0.25, -0.2) is 13.4 Å². The molecule has 0 spiro atoms. The number of hydrogen-bond donors (Lipinski definition) is 1. The van der Waals surface area contributed by atoms with Crippen LogP contribution in [0.15, 0.2) is 40.2 Å². The van der Waals surface area contributed by atoms with E-state index in [1.165, 1.54) is 6.92 Å². The summed E-state index contributed by atoms with van der Waals surface area (Å²) in [4.78, 5) is 15.6. The zero-order valence-electron chi connectivity index (χ0n) is 14.6. The highest BCUT2D eigenvalue weighted by Crippen LogP contribution is 2.33. The lowest BCUT2D eigenvalue weighted by Crippen LogP contribution is -2.38. The Morgan fingerprint density at radius 1 is 1.42 bits per heavy atom. The summed E-state index contributed by atoms with van der Waals surface area (Å²) in [7, 11) is -3.63. The van der Waals surface area contributed by atoms with E-state index >= 15 is 0 Å².